The number of nitrogens with zero attached hydrogens (tertiary/aromatic N) is 3. The first-order chi connectivity index (χ1) is 28.2. The van der Waals surface area contributed by atoms with Crippen LogP contribution in [-0.4, -0.2) is 0 Å². The monoisotopic (exact) mass is 737 g/mol. The third-order valence-electron chi connectivity index (χ3n) is 10.6. The van der Waals surface area contributed by atoms with Crippen molar-refractivity contribution in [3.8, 4) is 0 Å². The van der Waals surface area contributed by atoms with Gasteiger partial charge in [0.15, 0.2) is 0 Å². The molecule has 6 aromatic carbocycles. The van der Waals surface area contributed by atoms with Crippen molar-refractivity contribution in [2.75, 3.05) is 14.7 Å². The zero-order chi connectivity index (χ0) is 38.4. The maximum Gasteiger partial charge on any atom is 0.132 e. The van der Waals surface area contributed by atoms with Crippen LogP contribution in [0.15, 0.2) is 223 Å². The average Bonchev–Trinajstić information content (AvgIpc) is 3.40. The van der Waals surface area contributed by atoms with Gasteiger partial charge in [-0.25, -0.2) is 0 Å². The van der Waals surface area contributed by atoms with Crippen molar-refractivity contribution in [2.24, 2.45) is 0 Å². The fourth-order valence-electron chi connectivity index (χ4n) is 7.85. The maximum atomic E-state index is 6.30. The van der Waals surface area contributed by atoms with Gasteiger partial charge in [0.2, 0.25) is 0 Å². The minimum Gasteiger partial charge on any atom is -0.462 e. The summed E-state index contributed by atoms with van der Waals surface area (Å²) in [5, 5.41) is 0. The predicted octanol–water partition coefficient (Wildman–Crippen LogP) is 14.7. The molecule has 0 fully saturated rings. The van der Waals surface area contributed by atoms with E-state index in [-0.39, 0.29) is 0 Å². The maximum absolute atomic E-state index is 6.30. The summed E-state index contributed by atoms with van der Waals surface area (Å²) < 4.78 is 6.30. The van der Waals surface area contributed by atoms with Gasteiger partial charge in [-0.3, -0.25) is 0 Å². The molecular formula is C53H43N3O. The minimum atomic E-state index is 0.774. The Balaban J connectivity index is 1.19. The van der Waals surface area contributed by atoms with Crippen LogP contribution in [0.1, 0.15) is 28.9 Å². The van der Waals surface area contributed by atoms with Gasteiger partial charge in [0.05, 0.1) is 17.1 Å². The Morgan fingerprint density at radius 2 is 1.04 bits per heavy atom. The number of rotatable bonds is 10. The second-order valence-electron chi connectivity index (χ2n) is 14.2. The van der Waals surface area contributed by atoms with Crippen molar-refractivity contribution < 1.29 is 4.42 Å². The lowest BCUT2D eigenvalue weighted by Crippen LogP contribution is -2.19. The zero-order valence-corrected chi connectivity index (χ0v) is 31.9. The normalized spacial score (nSPS) is 13.2. The van der Waals surface area contributed by atoms with E-state index < -0.39 is 0 Å². The average molecular weight is 738 g/mol. The van der Waals surface area contributed by atoms with E-state index in [1.165, 1.54) is 11.1 Å². The second-order valence-corrected chi connectivity index (χ2v) is 14.2. The Morgan fingerprint density at radius 1 is 0.474 bits per heavy atom. The first-order valence-corrected chi connectivity index (χ1v) is 19.5. The summed E-state index contributed by atoms with van der Waals surface area (Å²) in [4.78, 5) is 7.08. The van der Waals surface area contributed by atoms with Crippen molar-refractivity contribution in [3.63, 3.8) is 0 Å². The van der Waals surface area contributed by atoms with Crippen molar-refractivity contribution in [1.29, 1.82) is 0 Å². The molecule has 57 heavy (non-hydrogen) atoms. The van der Waals surface area contributed by atoms with E-state index in [9.17, 15) is 0 Å². The largest absolute Gasteiger partial charge is 0.462 e. The van der Waals surface area contributed by atoms with Crippen molar-refractivity contribution in [3.05, 3.63) is 241 Å². The molecule has 2 aliphatic rings. The van der Waals surface area contributed by atoms with Crippen LogP contribution in [0.5, 0.6) is 0 Å². The Bertz CT molecular complexity index is 2590. The van der Waals surface area contributed by atoms with Crippen molar-refractivity contribution >= 4 is 57.1 Å². The first-order valence-electron chi connectivity index (χ1n) is 19.5. The Hall–Kier alpha value is -7.30. The van der Waals surface area contributed by atoms with Crippen LogP contribution in [0, 0.1) is 6.92 Å². The SMILES string of the molecule is Cc1c(N(C2=CCC(c3ccccc3)=CC=C2)c2coc3c2CC=CC=C3)cccc1N(c1ccccc1)c1cccc(N(c2ccccc2)c2ccccc2)c1. The summed E-state index contributed by atoms with van der Waals surface area (Å²) in [6.07, 6.45) is 20.9. The molecule has 0 spiro atoms. The molecule has 0 atom stereocenters. The molecule has 0 amide bonds. The zero-order valence-electron chi connectivity index (χ0n) is 31.9. The van der Waals surface area contributed by atoms with Gasteiger partial charge in [0.25, 0.3) is 0 Å². The summed E-state index contributed by atoms with van der Waals surface area (Å²) in [5.41, 5.74) is 14.5. The highest BCUT2D eigenvalue weighted by molar-refractivity contribution is 5.88. The standard InChI is InChI=1S/C53H43N3O/c1-40-50(55(45-27-13-5-14-28-45)48-31-18-30-47(38-48)54(43-23-9-3-10-24-43)44-25-11-4-12-26-44)33-19-34-51(40)56(52-39-57-53-35-16-6-15-32-49(52)53)46-29-17-22-42(36-37-46)41-20-7-2-8-21-41/h2-31,33-35,37-39H,32,36H2,1H3. The van der Waals surface area contributed by atoms with Gasteiger partial charge >= 0.3 is 0 Å². The summed E-state index contributed by atoms with van der Waals surface area (Å²) in [5.74, 6) is 0.888. The molecule has 0 unspecified atom stereocenters. The molecule has 0 N–H and O–H groups in total. The van der Waals surface area contributed by atoms with E-state index >= 15 is 0 Å². The number of furan rings is 1. The molecule has 4 nitrogen and oxygen atoms in total. The highest BCUT2D eigenvalue weighted by Crippen LogP contribution is 2.46. The van der Waals surface area contributed by atoms with E-state index in [0.717, 1.165) is 80.9 Å². The van der Waals surface area contributed by atoms with Gasteiger partial charge in [-0.1, -0.05) is 134 Å². The molecule has 0 saturated carbocycles. The lowest BCUT2D eigenvalue weighted by atomic mass is 10.0. The molecule has 276 valence electrons. The first kappa shape index (κ1) is 35.4. The Morgan fingerprint density at radius 3 is 1.70 bits per heavy atom. The smallest absolute Gasteiger partial charge is 0.132 e. The van der Waals surface area contributed by atoms with Gasteiger partial charge in [0.1, 0.15) is 12.0 Å². The summed E-state index contributed by atoms with van der Waals surface area (Å²) >= 11 is 0. The molecule has 7 aromatic rings. The van der Waals surface area contributed by atoms with Crippen LogP contribution in [0.3, 0.4) is 0 Å². The second kappa shape index (κ2) is 16.2. The van der Waals surface area contributed by atoms with Crippen LogP contribution in [0.2, 0.25) is 0 Å². The van der Waals surface area contributed by atoms with Gasteiger partial charge in [-0.05, 0) is 115 Å². The summed E-state index contributed by atoms with van der Waals surface area (Å²) in [7, 11) is 0. The fraction of sp³-hybridized carbons (Fsp3) is 0.0566. The van der Waals surface area contributed by atoms with Gasteiger partial charge in [-0.15, -0.1) is 0 Å². The van der Waals surface area contributed by atoms with Crippen LogP contribution in [-0.2, 0) is 6.42 Å². The van der Waals surface area contributed by atoms with E-state index in [2.05, 4.69) is 234 Å². The number of hydrogen-bond acceptors (Lipinski definition) is 4. The lowest BCUT2D eigenvalue weighted by molar-refractivity contribution is 0.554. The van der Waals surface area contributed by atoms with Crippen molar-refractivity contribution in [1.82, 2.24) is 0 Å². The third-order valence-corrected chi connectivity index (χ3v) is 10.6. The fourth-order valence-corrected chi connectivity index (χ4v) is 7.85. The predicted molar refractivity (Wildman–Crippen MR) is 240 cm³/mol. The molecule has 4 heteroatoms. The highest BCUT2D eigenvalue weighted by Gasteiger charge is 2.26. The van der Waals surface area contributed by atoms with Crippen LogP contribution in [0.25, 0.3) is 11.6 Å². The van der Waals surface area contributed by atoms with E-state index in [4.69, 9.17) is 4.42 Å². The molecule has 0 aliphatic heterocycles. The number of fused-ring (bicyclic) bond motifs is 1. The van der Waals surface area contributed by atoms with Gasteiger partial charge < -0.3 is 19.1 Å². The summed E-state index contributed by atoms with van der Waals surface area (Å²) in [6, 6.07) is 57.9. The summed E-state index contributed by atoms with van der Waals surface area (Å²) in [6.45, 7) is 2.24. The van der Waals surface area contributed by atoms with Gasteiger partial charge in [-0.2, -0.15) is 0 Å². The topological polar surface area (TPSA) is 22.9 Å². The minimum absolute atomic E-state index is 0.774. The van der Waals surface area contributed by atoms with E-state index in [0.29, 0.717) is 0 Å². The molecule has 2 aliphatic carbocycles. The van der Waals surface area contributed by atoms with Crippen molar-refractivity contribution in [2.45, 2.75) is 19.8 Å². The molecule has 0 radical (unpaired) electrons. The number of benzene rings is 6. The third kappa shape index (κ3) is 7.29. The number of hydrogen-bond donors (Lipinski definition) is 0. The van der Waals surface area contributed by atoms with Crippen LogP contribution in [0.4, 0.5) is 45.5 Å². The van der Waals surface area contributed by atoms with E-state index in [1.54, 1.807) is 0 Å². The Labute approximate surface area is 335 Å². The Kier molecular flexibility index (Phi) is 10.1. The molecule has 9 rings (SSSR count). The number of para-hydroxylation sites is 3. The number of allylic oxidation sites excluding steroid dienone is 8. The molecule has 0 saturated heterocycles. The molecular weight excluding hydrogens is 695 g/mol. The molecule has 1 aromatic heterocycles. The number of anilines is 8. The van der Waals surface area contributed by atoms with Gasteiger partial charge in [0, 0.05) is 39.7 Å². The highest BCUT2D eigenvalue weighted by atomic mass is 16.3. The molecule has 0 bridgehead atoms. The van der Waals surface area contributed by atoms with Crippen LogP contribution >= 0.6 is 0 Å². The lowest BCUT2D eigenvalue weighted by Gasteiger charge is -2.33. The molecule has 1 heterocycles. The van der Waals surface area contributed by atoms with Crippen LogP contribution < -0.4 is 14.7 Å². The van der Waals surface area contributed by atoms with E-state index in [1.807, 2.05) is 6.26 Å². The quantitative estimate of drug-likeness (QED) is 0.139.